The van der Waals surface area contributed by atoms with Crippen molar-refractivity contribution >= 4 is 56.3 Å². The minimum Gasteiger partial charge on any atom is -0.421 e. The van der Waals surface area contributed by atoms with Crippen LogP contribution in [0.15, 0.2) is 60.7 Å². The van der Waals surface area contributed by atoms with Crippen molar-refractivity contribution in [2.45, 2.75) is 26.2 Å². The van der Waals surface area contributed by atoms with Crippen LogP contribution in [0.3, 0.4) is 0 Å². The molecule has 0 aliphatic rings. The van der Waals surface area contributed by atoms with E-state index < -0.39 is 23.8 Å². The molecule has 0 heterocycles. The molecule has 0 saturated carbocycles. The Morgan fingerprint density at radius 3 is 1.22 bits per heavy atom. The monoisotopic (exact) mass is 400 g/mol. The molecule has 2 rings (SSSR count). The first-order valence-corrected chi connectivity index (χ1v) is 17.2. The standard InChI is InChI=1S/C16H22Cl2O2Si3/c1-21(2,19-22(3,17)15-11-7-5-8-12-15)20-23(4,18)16-13-9-6-10-14-16/h5-14H,1-4H3. The third kappa shape index (κ3) is 5.29. The molecule has 124 valence electrons. The fourth-order valence-corrected chi connectivity index (χ4v) is 17.1. The van der Waals surface area contributed by atoms with Gasteiger partial charge in [-0.1, -0.05) is 60.7 Å². The second-order valence-corrected chi connectivity index (χ2v) is 19.8. The second kappa shape index (κ2) is 7.23. The summed E-state index contributed by atoms with van der Waals surface area (Å²) in [5, 5.41) is 2.09. The number of rotatable bonds is 6. The molecule has 0 bridgehead atoms. The molecule has 2 unspecified atom stereocenters. The topological polar surface area (TPSA) is 18.5 Å². The maximum Gasteiger partial charge on any atom is 0.313 e. The third-order valence-corrected chi connectivity index (χ3v) is 15.9. The highest BCUT2D eigenvalue weighted by Gasteiger charge is 2.44. The molecule has 23 heavy (non-hydrogen) atoms. The zero-order chi connectivity index (χ0) is 17.1. The van der Waals surface area contributed by atoms with Crippen LogP contribution >= 0.6 is 22.2 Å². The van der Waals surface area contributed by atoms with Gasteiger partial charge in [0.1, 0.15) is 0 Å². The summed E-state index contributed by atoms with van der Waals surface area (Å²) >= 11 is 13.5. The summed E-state index contributed by atoms with van der Waals surface area (Å²) in [4.78, 5) is 0. The van der Waals surface area contributed by atoms with Crippen LogP contribution in [-0.2, 0) is 8.23 Å². The van der Waals surface area contributed by atoms with Gasteiger partial charge >= 0.3 is 23.8 Å². The Morgan fingerprint density at radius 2 is 0.913 bits per heavy atom. The van der Waals surface area contributed by atoms with Crippen molar-refractivity contribution < 1.29 is 8.23 Å². The molecule has 0 fully saturated rings. The van der Waals surface area contributed by atoms with Gasteiger partial charge in [-0.05, 0) is 36.6 Å². The summed E-state index contributed by atoms with van der Waals surface area (Å²) in [5.74, 6) is 0. The van der Waals surface area contributed by atoms with E-state index in [1.165, 1.54) is 0 Å². The predicted octanol–water partition coefficient (Wildman–Crippen LogP) is 4.16. The fourth-order valence-electron chi connectivity index (χ4n) is 2.53. The van der Waals surface area contributed by atoms with Gasteiger partial charge in [0, 0.05) is 0 Å². The zero-order valence-electron chi connectivity index (χ0n) is 13.8. The maximum absolute atomic E-state index is 6.76. The molecular weight excluding hydrogens is 379 g/mol. The van der Waals surface area contributed by atoms with E-state index in [1.807, 2.05) is 86.9 Å². The van der Waals surface area contributed by atoms with Gasteiger partial charge in [-0.3, -0.25) is 0 Å². The quantitative estimate of drug-likeness (QED) is 0.535. The summed E-state index contributed by atoms with van der Waals surface area (Å²) in [7, 11) is -7.57. The van der Waals surface area contributed by atoms with Crippen molar-refractivity contribution in [3.63, 3.8) is 0 Å². The van der Waals surface area contributed by atoms with Gasteiger partial charge in [-0.25, -0.2) is 0 Å². The fraction of sp³-hybridized carbons (Fsp3) is 0.250. The van der Waals surface area contributed by atoms with Gasteiger partial charge in [0.05, 0.1) is 0 Å². The Labute approximate surface area is 151 Å². The molecule has 7 heteroatoms. The van der Waals surface area contributed by atoms with Crippen molar-refractivity contribution in [3.8, 4) is 0 Å². The smallest absolute Gasteiger partial charge is 0.313 e. The average Bonchev–Trinajstić information content (AvgIpc) is 2.47. The number of halogens is 2. The lowest BCUT2D eigenvalue weighted by Gasteiger charge is -2.36. The maximum atomic E-state index is 6.76. The molecule has 0 aromatic heterocycles. The van der Waals surface area contributed by atoms with E-state index in [0.717, 1.165) is 10.4 Å². The van der Waals surface area contributed by atoms with Crippen LogP contribution < -0.4 is 10.4 Å². The summed E-state index contributed by atoms with van der Waals surface area (Å²) in [6.45, 7) is 8.00. The highest BCUT2D eigenvalue weighted by atomic mass is 35.6. The summed E-state index contributed by atoms with van der Waals surface area (Å²) in [6, 6.07) is 19.9. The Morgan fingerprint density at radius 1 is 0.609 bits per heavy atom. The van der Waals surface area contributed by atoms with E-state index in [2.05, 4.69) is 0 Å². The number of hydrogen-bond acceptors (Lipinski definition) is 2. The molecular formula is C16H22Cl2O2Si3. The third-order valence-electron chi connectivity index (χ3n) is 3.45. The van der Waals surface area contributed by atoms with Gasteiger partial charge in [0.2, 0.25) is 0 Å². The minimum absolute atomic E-state index is 1.04. The molecule has 0 radical (unpaired) electrons. The van der Waals surface area contributed by atoms with Gasteiger partial charge in [-0.15, -0.1) is 22.2 Å². The molecule has 0 aliphatic heterocycles. The summed E-state index contributed by atoms with van der Waals surface area (Å²) < 4.78 is 12.7. The Balaban J connectivity index is 2.16. The lowest BCUT2D eigenvalue weighted by molar-refractivity contribution is 0.412. The summed E-state index contributed by atoms with van der Waals surface area (Å²) in [6.07, 6.45) is 0. The van der Waals surface area contributed by atoms with Crippen LogP contribution in [0.25, 0.3) is 0 Å². The van der Waals surface area contributed by atoms with Crippen LogP contribution in [0.5, 0.6) is 0 Å². The lowest BCUT2D eigenvalue weighted by Crippen LogP contribution is -2.58. The van der Waals surface area contributed by atoms with Gasteiger partial charge in [0.15, 0.2) is 0 Å². The van der Waals surface area contributed by atoms with Crippen LogP contribution in [0.1, 0.15) is 0 Å². The molecule has 0 amide bonds. The SMILES string of the molecule is C[Si](C)(O[Si](C)(Cl)c1ccccc1)O[Si](C)(Cl)c1ccccc1. The number of benzene rings is 2. The van der Waals surface area contributed by atoms with Gasteiger partial charge in [-0.2, -0.15) is 0 Å². The Bertz CT molecular complexity index is 579. The van der Waals surface area contributed by atoms with E-state index in [0.29, 0.717) is 0 Å². The largest absolute Gasteiger partial charge is 0.421 e. The van der Waals surface area contributed by atoms with Crippen molar-refractivity contribution in [1.82, 2.24) is 0 Å². The van der Waals surface area contributed by atoms with E-state index in [9.17, 15) is 0 Å². The first-order valence-electron chi connectivity index (χ1n) is 7.52. The highest BCUT2D eigenvalue weighted by Crippen LogP contribution is 2.24. The normalized spacial score (nSPS) is 17.3. The first-order chi connectivity index (χ1) is 10.6. The van der Waals surface area contributed by atoms with Crippen LogP contribution in [-0.4, -0.2) is 23.8 Å². The van der Waals surface area contributed by atoms with Crippen LogP contribution in [0.4, 0.5) is 0 Å². The van der Waals surface area contributed by atoms with Gasteiger partial charge in [0.25, 0.3) is 0 Å². The predicted molar refractivity (Wildman–Crippen MR) is 107 cm³/mol. The van der Waals surface area contributed by atoms with Crippen molar-refractivity contribution in [2.75, 3.05) is 0 Å². The zero-order valence-corrected chi connectivity index (χ0v) is 18.4. The van der Waals surface area contributed by atoms with Crippen molar-refractivity contribution in [3.05, 3.63) is 60.7 Å². The molecule has 2 nitrogen and oxygen atoms in total. The second-order valence-electron chi connectivity index (χ2n) is 6.17. The van der Waals surface area contributed by atoms with Gasteiger partial charge < -0.3 is 8.23 Å². The van der Waals surface area contributed by atoms with E-state index in [-0.39, 0.29) is 0 Å². The molecule has 0 saturated heterocycles. The Kier molecular flexibility index (Phi) is 5.95. The van der Waals surface area contributed by atoms with Crippen molar-refractivity contribution in [1.29, 1.82) is 0 Å². The highest BCUT2D eigenvalue weighted by molar-refractivity contribution is 7.27. The minimum atomic E-state index is -2.54. The first kappa shape index (κ1) is 18.9. The summed E-state index contributed by atoms with van der Waals surface area (Å²) in [5.41, 5.74) is 0. The van der Waals surface area contributed by atoms with E-state index >= 15 is 0 Å². The van der Waals surface area contributed by atoms with Crippen LogP contribution in [0.2, 0.25) is 26.2 Å². The average molecular weight is 402 g/mol. The molecule has 0 aliphatic carbocycles. The van der Waals surface area contributed by atoms with Crippen LogP contribution in [0, 0.1) is 0 Å². The lowest BCUT2D eigenvalue weighted by atomic mass is 10.4. The van der Waals surface area contributed by atoms with E-state index in [1.54, 1.807) is 0 Å². The molecule has 0 spiro atoms. The molecule has 2 atom stereocenters. The number of hydrogen-bond donors (Lipinski definition) is 0. The van der Waals surface area contributed by atoms with E-state index in [4.69, 9.17) is 30.4 Å². The molecule has 2 aromatic rings. The Hall–Kier alpha value is -0.409. The van der Waals surface area contributed by atoms with Crippen molar-refractivity contribution in [2.24, 2.45) is 0 Å². The molecule has 0 N–H and O–H groups in total. The molecule has 2 aromatic carbocycles.